The molecular weight excluding hydrogens is 264 g/mol. The zero-order valence-corrected chi connectivity index (χ0v) is 13.0. The Morgan fingerprint density at radius 3 is 2.43 bits per heavy atom. The smallest absolute Gasteiger partial charge is 0.312 e. The van der Waals surface area contributed by atoms with Gasteiger partial charge in [-0.2, -0.15) is 0 Å². The molecule has 0 aliphatic heterocycles. The van der Waals surface area contributed by atoms with E-state index in [0.29, 0.717) is 6.54 Å². The van der Waals surface area contributed by atoms with Gasteiger partial charge in [-0.25, -0.2) is 0 Å². The van der Waals surface area contributed by atoms with Crippen LogP contribution in [0.1, 0.15) is 37.2 Å². The number of nitrogens with one attached hydrogen (secondary N) is 1. The van der Waals surface area contributed by atoms with Crippen molar-refractivity contribution in [3.63, 3.8) is 0 Å². The first kappa shape index (κ1) is 16.0. The third-order valence-electron chi connectivity index (χ3n) is 4.79. The summed E-state index contributed by atoms with van der Waals surface area (Å²) >= 11 is 0. The average Bonchev–Trinajstić information content (AvgIpc) is 2.94. The standard InChI is InChI=1S/C17H26N2O2/c1-19(2)17(10-6-7-11-17)13-18-12-15(16(20)21)14-8-4-3-5-9-14/h3-5,8-9,15,18H,6-7,10-13H2,1-2H3,(H,20,21). The summed E-state index contributed by atoms with van der Waals surface area (Å²) in [7, 11) is 4.25. The summed E-state index contributed by atoms with van der Waals surface area (Å²) in [6.07, 6.45) is 4.91. The maximum absolute atomic E-state index is 11.5. The van der Waals surface area contributed by atoms with Gasteiger partial charge in [0.1, 0.15) is 0 Å². The van der Waals surface area contributed by atoms with Crippen molar-refractivity contribution < 1.29 is 9.90 Å². The molecule has 1 fully saturated rings. The van der Waals surface area contributed by atoms with E-state index in [1.54, 1.807) is 0 Å². The fraction of sp³-hybridized carbons (Fsp3) is 0.588. The molecule has 21 heavy (non-hydrogen) atoms. The van der Waals surface area contributed by atoms with E-state index in [1.807, 2.05) is 30.3 Å². The number of carbonyl (C=O) groups is 1. The van der Waals surface area contributed by atoms with Gasteiger partial charge in [0.05, 0.1) is 5.92 Å². The van der Waals surface area contributed by atoms with Crippen molar-refractivity contribution in [2.24, 2.45) is 0 Å². The second kappa shape index (κ2) is 7.05. The van der Waals surface area contributed by atoms with E-state index in [4.69, 9.17) is 0 Å². The maximum atomic E-state index is 11.5. The Balaban J connectivity index is 1.95. The number of carboxylic acids is 1. The molecule has 0 radical (unpaired) electrons. The topological polar surface area (TPSA) is 52.6 Å². The first-order chi connectivity index (χ1) is 10.1. The van der Waals surface area contributed by atoms with Crippen LogP contribution in [0.4, 0.5) is 0 Å². The van der Waals surface area contributed by atoms with Gasteiger partial charge in [0.15, 0.2) is 0 Å². The SMILES string of the molecule is CN(C)C1(CNCC(C(=O)O)c2ccccc2)CCCC1. The lowest BCUT2D eigenvalue weighted by Crippen LogP contribution is -2.50. The second-order valence-corrected chi connectivity index (χ2v) is 6.26. The molecule has 1 aliphatic carbocycles. The Morgan fingerprint density at radius 2 is 1.90 bits per heavy atom. The quantitative estimate of drug-likeness (QED) is 0.809. The van der Waals surface area contributed by atoms with Crippen LogP contribution in [0.5, 0.6) is 0 Å². The monoisotopic (exact) mass is 290 g/mol. The van der Waals surface area contributed by atoms with Crippen molar-refractivity contribution in [3.05, 3.63) is 35.9 Å². The first-order valence-corrected chi connectivity index (χ1v) is 7.71. The molecule has 116 valence electrons. The van der Waals surface area contributed by atoms with Gasteiger partial charge < -0.3 is 15.3 Å². The molecule has 1 aromatic rings. The van der Waals surface area contributed by atoms with Crippen LogP contribution in [0.3, 0.4) is 0 Å². The van der Waals surface area contributed by atoms with Gasteiger partial charge in [-0.3, -0.25) is 4.79 Å². The summed E-state index contributed by atoms with van der Waals surface area (Å²) in [5.41, 5.74) is 1.06. The van der Waals surface area contributed by atoms with Crippen LogP contribution >= 0.6 is 0 Å². The molecule has 0 aromatic heterocycles. The van der Waals surface area contributed by atoms with Crippen molar-refractivity contribution in [1.29, 1.82) is 0 Å². The second-order valence-electron chi connectivity index (χ2n) is 6.26. The number of benzene rings is 1. The zero-order valence-electron chi connectivity index (χ0n) is 13.0. The molecule has 0 spiro atoms. The van der Waals surface area contributed by atoms with E-state index in [9.17, 15) is 9.90 Å². The molecule has 0 saturated heterocycles. The molecule has 1 aliphatic rings. The van der Waals surface area contributed by atoms with Crippen molar-refractivity contribution in [1.82, 2.24) is 10.2 Å². The van der Waals surface area contributed by atoms with Crippen molar-refractivity contribution in [3.8, 4) is 0 Å². The highest BCUT2D eigenvalue weighted by Crippen LogP contribution is 2.33. The zero-order chi connectivity index (χ0) is 15.3. The molecule has 1 aromatic carbocycles. The average molecular weight is 290 g/mol. The Kier molecular flexibility index (Phi) is 5.37. The Morgan fingerprint density at radius 1 is 1.29 bits per heavy atom. The van der Waals surface area contributed by atoms with E-state index in [1.165, 1.54) is 25.7 Å². The normalized spacial score (nSPS) is 18.8. The molecule has 0 amide bonds. The van der Waals surface area contributed by atoms with E-state index in [2.05, 4.69) is 24.3 Å². The number of likely N-dealkylation sites (N-methyl/N-ethyl adjacent to an activating group) is 1. The fourth-order valence-electron chi connectivity index (χ4n) is 3.30. The highest BCUT2D eigenvalue weighted by Gasteiger charge is 2.35. The van der Waals surface area contributed by atoms with E-state index < -0.39 is 11.9 Å². The van der Waals surface area contributed by atoms with Gasteiger partial charge in [-0.15, -0.1) is 0 Å². The molecule has 4 heteroatoms. The molecule has 2 rings (SSSR count). The third-order valence-corrected chi connectivity index (χ3v) is 4.79. The van der Waals surface area contributed by atoms with Crippen LogP contribution < -0.4 is 5.32 Å². The fourth-order valence-corrected chi connectivity index (χ4v) is 3.30. The predicted octanol–water partition coefficient (Wildman–Crippen LogP) is 2.32. The number of aliphatic carboxylic acids is 1. The molecule has 0 heterocycles. The third kappa shape index (κ3) is 3.83. The number of nitrogens with zero attached hydrogens (tertiary/aromatic N) is 1. The number of hydrogen-bond acceptors (Lipinski definition) is 3. The number of carboxylic acid groups (broad SMARTS) is 1. The van der Waals surface area contributed by atoms with Crippen LogP contribution in [-0.4, -0.2) is 48.7 Å². The molecule has 0 bridgehead atoms. The Labute approximate surface area is 127 Å². The van der Waals surface area contributed by atoms with Crippen LogP contribution in [-0.2, 0) is 4.79 Å². The first-order valence-electron chi connectivity index (χ1n) is 7.71. The van der Waals surface area contributed by atoms with Gasteiger partial charge in [-0.1, -0.05) is 43.2 Å². The van der Waals surface area contributed by atoms with Gasteiger partial charge in [-0.05, 0) is 32.5 Å². The Bertz CT molecular complexity index is 453. The molecule has 1 saturated carbocycles. The number of hydrogen-bond donors (Lipinski definition) is 2. The lowest BCUT2D eigenvalue weighted by atomic mass is 9.94. The number of rotatable bonds is 7. The minimum absolute atomic E-state index is 0.194. The largest absolute Gasteiger partial charge is 0.481 e. The van der Waals surface area contributed by atoms with E-state index in [-0.39, 0.29) is 5.54 Å². The van der Waals surface area contributed by atoms with Gasteiger partial charge >= 0.3 is 5.97 Å². The minimum Gasteiger partial charge on any atom is -0.481 e. The van der Waals surface area contributed by atoms with Crippen LogP contribution in [0.15, 0.2) is 30.3 Å². The highest BCUT2D eigenvalue weighted by molar-refractivity contribution is 5.76. The lowest BCUT2D eigenvalue weighted by molar-refractivity contribution is -0.138. The molecule has 4 nitrogen and oxygen atoms in total. The molecular formula is C17H26N2O2. The lowest BCUT2D eigenvalue weighted by Gasteiger charge is -2.37. The van der Waals surface area contributed by atoms with Crippen molar-refractivity contribution >= 4 is 5.97 Å². The summed E-state index contributed by atoms with van der Waals surface area (Å²) in [6.45, 7) is 1.34. The van der Waals surface area contributed by atoms with Crippen LogP contribution in [0.25, 0.3) is 0 Å². The van der Waals surface area contributed by atoms with E-state index >= 15 is 0 Å². The van der Waals surface area contributed by atoms with Crippen LogP contribution in [0.2, 0.25) is 0 Å². The van der Waals surface area contributed by atoms with Gasteiger partial charge in [0.2, 0.25) is 0 Å². The minimum atomic E-state index is -0.765. The summed E-state index contributed by atoms with van der Waals surface area (Å²) < 4.78 is 0. The summed E-state index contributed by atoms with van der Waals surface area (Å²) in [5.74, 6) is -1.24. The highest BCUT2D eigenvalue weighted by atomic mass is 16.4. The van der Waals surface area contributed by atoms with Gasteiger partial charge in [0, 0.05) is 18.6 Å². The van der Waals surface area contributed by atoms with Crippen molar-refractivity contribution in [2.45, 2.75) is 37.1 Å². The Hall–Kier alpha value is -1.39. The molecule has 1 atom stereocenters. The summed E-state index contributed by atoms with van der Waals surface area (Å²) in [5, 5.41) is 12.8. The maximum Gasteiger partial charge on any atom is 0.312 e. The summed E-state index contributed by atoms with van der Waals surface area (Å²) in [4.78, 5) is 13.8. The van der Waals surface area contributed by atoms with Gasteiger partial charge in [0.25, 0.3) is 0 Å². The van der Waals surface area contributed by atoms with Crippen LogP contribution in [0, 0.1) is 0 Å². The van der Waals surface area contributed by atoms with Crippen molar-refractivity contribution in [2.75, 3.05) is 27.2 Å². The van der Waals surface area contributed by atoms with E-state index in [0.717, 1.165) is 12.1 Å². The predicted molar refractivity (Wildman–Crippen MR) is 84.6 cm³/mol. The molecule has 1 unspecified atom stereocenters. The summed E-state index contributed by atoms with van der Waals surface area (Å²) in [6, 6.07) is 9.47. The molecule has 2 N–H and O–H groups in total.